The zero-order valence-corrected chi connectivity index (χ0v) is 14.8. The second kappa shape index (κ2) is 8.68. The van der Waals surface area contributed by atoms with Gasteiger partial charge in [0.1, 0.15) is 5.60 Å². The topological polar surface area (TPSA) is 29.5 Å². The Balaban J connectivity index is 2.90. The highest BCUT2D eigenvalue weighted by atomic mass is 16.6. The number of ether oxygens (including phenoxy) is 1. The summed E-state index contributed by atoms with van der Waals surface area (Å²) >= 11 is 0. The first-order valence-electron chi connectivity index (χ1n) is 8.04. The summed E-state index contributed by atoms with van der Waals surface area (Å²) in [6.45, 7) is 16.2. The van der Waals surface area contributed by atoms with Crippen molar-refractivity contribution in [1.29, 1.82) is 0 Å². The molecule has 0 fully saturated rings. The lowest BCUT2D eigenvalue weighted by molar-refractivity contribution is -0.156. The molecule has 0 saturated heterocycles. The number of carbonyl (C=O) groups is 1. The van der Waals surface area contributed by atoms with Crippen LogP contribution >= 0.6 is 0 Å². The van der Waals surface area contributed by atoms with Gasteiger partial charge in [0.25, 0.3) is 0 Å². The van der Waals surface area contributed by atoms with Crippen LogP contribution in [-0.2, 0) is 9.53 Å². The Bertz CT molecular complexity index is 516. The fourth-order valence-corrected chi connectivity index (χ4v) is 2.54. The number of carbonyl (C=O) groups excluding carboxylic acids is 1. The van der Waals surface area contributed by atoms with E-state index >= 15 is 0 Å². The fraction of sp³-hybridized carbons (Fsp3) is 0.450. The van der Waals surface area contributed by atoms with Crippen molar-refractivity contribution in [2.75, 3.05) is 6.54 Å². The summed E-state index contributed by atoms with van der Waals surface area (Å²) in [7, 11) is 0. The Morgan fingerprint density at radius 1 is 1.26 bits per heavy atom. The van der Waals surface area contributed by atoms with Crippen molar-refractivity contribution in [3.05, 3.63) is 61.2 Å². The van der Waals surface area contributed by atoms with Gasteiger partial charge >= 0.3 is 5.97 Å². The molecule has 0 bridgehead atoms. The number of hydrogen-bond acceptors (Lipinski definition) is 3. The number of hydrogen-bond donors (Lipinski definition) is 0. The van der Waals surface area contributed by atoms with Crippen LogP contribution in [0.5, 0.6) is 0 Å². The molecule has 0 radical (unpaired) electrons. The minimum Gasteiger partial charge on any atom is -0.460 e. The smallest absolute Gasteiger partial charge is 0.308 e. The average molecular weight is 315 g/mol. The Morgan fingerprint density at radius 3 is 2.35 bits per heavy atom. The molecule has 0 aliphatic carbocycles. The van der Waals surface area contributed by atoms with Crippen molar-refractivity contribution in [2.24, 2.45) is 0 Å². The molecule has 0 aliphatic heterocycles. The maximum Gasteiger partial charge on any atom is 0.308 e. The van der Waals surface area contributed by atoms with Gasteiger partial charge in [-0.25, -0.2) is 0 Å². The molecule has 1 aromatic carbocycles. The predicted molar refractivity (Wildman–Crippen MR) is 96.2 cm³/mol. The highest BCUT2D eigenvalue weighted by molar-refractivity contribution is 5.71. The minimum atomic E-state index is -0.475. The fourth-order valence-electron chi connectivity index (χ4n) is 2.54. The third-order valence-corrected chi connectivity index (χ3v) is 3.61. The van der Waals surface area contributed by atoms with Gasteiger partial charge in [-0.1, -0.05) is 42.5 Å². The summed E-state index contributed by atoms with van der Waals surface area (Å²) in [6, 6.07) is 10.3. The molecule has 1 rings (SSSR count). The van der Waals surface area contributed by atoms with Gasteiger partial charge < -0.3 is 4.74 Å². The maximum absolute atomic E-state index is 12.2. The Labute approximate surface area is 140 Å². The van der Waals surface area contributed by atoms with E-state index in [1.165, 1.54) is 5.56 Å². The van der Waals surface area contributed by atoms with E-state index < -0.39 is 5.60 Å². The van der Waals surface area contributed by atoms with Gasteiger partial charge in [0.2, 0.25) is 0 Å². The maximum atomic E-state index is 12.2. The van der Waals surface area contributed by atoms with Crippen molar-refractivity contribution in [2.45, 2.75) is 51.8 Å². The average Bonchev–Trinajstić information content (AvgIpc) is 2.49. The highest BCUT2D eigenvalue weighted by Gasteiger charge is 2.26. The van der Waals surface area contributed by atoms with Crippen LogP contribution in [0.3, 0.4) is 0 Å². The summed E-state index contributed by atoms with van der Waals surface area (Å²) in [5, 5.41) is 0. The van der Waals surface area contributed by atoms with Crippen molar-refractivity contribution >= 4 is 5.97 Å². The quantitative estimate of drug-likeness (QED) is 0.522. The molecular weight excluding hydrogens is 286 g/mol. The Kier molecular flexibility index (Phi) is 7.24. The number of rotatable bonds is 8. The summed E-state index contributed by atoms with van der Waals surface area (Å²) in [4.78, 5) is 14.4. The molecule has 1 aromatic rings. The number of esters is 1. The molecule has 0 heterocycles. The van der Waals surface area contributed by atoms with Gasteiger partial charge in [-0.2, -0.15) is 0 Å². The van der Waals surface area contributed by atoms with E-state index in [0.29, 0.717) is 6.54 Å². The van der Waals surface area contributed by atoms with Crippen LogP contribution in [0.15, 0.2) is 55.6 Å². The molecule has 3 heteroatoms. The van der Waals surface area contributed by atoms with Crippen LogP contribution in [0.2, 0.25) is 0 Å². The molecule has 23 heavy (non-hydrogen) atoms. The van der Waals surface area contributed by atoms with E-state index in [0.717, 1.165) is 0 Å². The molecule has 0 N–H and O–H groups in total. The predicted octanol–water partition coefficient (Wildman–Crippen LogP) is 4.52. The normalized spacial score (nSPS) is 14.1. The van der Waals surface area contributed by atoms with Gasteiger partial charge in [-0.05, 0) is 33.3 Å². The molecule has 0 aliphatic rings. The third kappa shape index (κ3) is 6.41. The van der Waals surface area contributed by atoms with Gasteiger partial charge in [-0.3, -0.25) is 9.69 Å². The van der Waals surface area contributed by atoms with E-state index in [9.17, 15) is 4.79 Å². The lowest BCUT2D eigenvalue weighted by atomic mass is 10.0. The molecule has 0 aromatic heterocycles. The van der Waals surface area contributed by atoms with Crippen LogP contribution in [0.1, 0.15) is 45.7 Å². The van der Waals surface area contributed by atoms with Crippen LogP contribution in [0.25, 0.3) is 0 Å². The number of benzene rings is 1. The van der Waals surface area contributed by atoms with E-state index in [-0.39, 0.29) is 24.5 Å². The van der Waals surface area contributed by atoms with Crippen molar-refractivity contribution in [3.8, 4) is 0 Å². The van der Waals surface area contributed by atoms with Crippen molar-refractivity contribution < 1.29 is 9.53 Å². The number of nitrogens with zero attached hydrogens (tertiary/aromatic N) is 1. The standard InChI is InChI=1S/C20H29NO2/c1-7-14-21(16(3)17-12-10-9-11-13-17)18(8-2)15-19(22)23-20(4,5)6/h7-13,16,18H,1-2,14-15H2,3-6H3/t16?,18-/m1/s1. The second-order valence-electron chi connectivity index (χ2n) is 6.67. The lowest BCUT2D eigenvalue weighted by Gasteiger charge is -2.34. The minimum absolute atomic E-state index is 0.0990. The molecular formula is C20H29NO2. The van der Waals surface area contributed by atoms with E-state index in [1.807, 2.05) is 51.1 Å². The molecule has 126 valence electrons. The van der Waals surface area contributed by atoms with Gasteiger partial charge in [0, 0.05) is 18.6 Å². The molecule has 3 nitrogen and oxygen atoms in total. The zero-order valence-electron chi connectivity index (χ0n) is 14.8. The largest absolute Gasteiger partial charge is 0.460 e. The van der Waals surface area contributed by atoms with Crippen LogP contribution in [-0.4, -0.2) is 29.1 Å². The first-order valence-corrected chi connectivity index (χ1v) is 8.04. The summed E-state index contributed by atoms with van der Waals surface area (Å²) in [5.74, 6) is -0.211. The third-order valence-electron chi connectivity index (χ3n) is 3.61. The van der Waals surface area contributed by atoms with Crippen LogP contribution < -0.4 is 0 Å². The van der Waals surface area contributed by atoms with Gasteiger partial charge in [0.05, 0.1) is 6.42 Å². The second-order valence-corrected chi connectivity index (χ2v) is 6.67. The van der Waals surface area contributed by atoms with Crippen molar-refractivity contribution in [1.82, 2.24) is 4.90 Å². The monoisotopic (exact) mass is 315 g/mol. The SMILES string of the molecule is C=CCN(C(C)c1ccccc1)[C@H](C=C)CC(=O)OC(C)(C)C. The van der Waals surface area contributed by atoms with Gasteiger partial charge in [-0.15, -0.1) is 13.2 Å². The first kappa shape index (κ1) is 19.2. The summed E-state index contributed by atoms with van der Waals surface area (Å²) in [6.07, 6.45) is 3.95. The highest BCUT2D eigenvalue weighted by Crippen LogP contribution is 2.24. The Hall–Kier alpha value is -1.87. The Morgan fingerprint density at radius 2 is 1.87 bits per heavy atom. The van der Waals surface area contributed by atoms with E-state index in [2.05, 4.69) is 37.1 Å². The molecule has 1 unspecified atom stereocenters. The molecule has 0 saturated carbocycles. The van der Waals surface area contributed by atoms with Gasteiger partial charge in [0.15, 0.2) is 0 Å². The zero-order chi connectivity index (χ0) is 17.5. The molecule has 2 atom stereocenters. The molecule has 0 spiro atoms. The molecule has 0 amide bonds. The summed E-state index contributed by atoms with van der Waals surface area (Å²) < 4.78 is 5.44. The summed E-state index contributed by atoms with van der Waals surface area (Å²) in [5.41, 5.74) is 0.724. The van der Waals surface area contributed by atoms with E-state index in [1.54, 1.807) is 0 Å². The van der Waals surface area contributed by atoms with Crippen LogP contribution in [0.4, 0.5) is 0 Å². The first-order chi connectivity index (χ1) is 10.8. The lowest BCUT2D eigenvalue weighted by Crippen LogP contribution is -2.39. The van der Waals surface area contributed by atoms with Crippen molar-refractivity contribution in [3.63, 3.8) is 0 Å². The van der Waals surface area contributed by atoms with E-state index in [4.69, 9.17) is 4.74 Å². The van der Waals surface area contributed by atoms with Crippen LogP contribution in [0, 0.1) is 0 Å².